The number of hydrogen-bond donors (Lipinski definition) is 0. The maximum absolute atomic E-state index is 12.3. The quantitative estimate of drug-likeness (QED) is 0.708. The van der Waals surface area contributed by atoms with Crippen LogP contribution in [0.4, 0.5) is 0 Å². The molecule has 1 aliphatic carbocycles. The molecule has 1 saturated carbocycles. The van der Waals surface area contributed by atoms with Gasteiger partial charge in [0, 0.05) is 5.56 Å². The third kappa shape index (κ3) is 1.53. The zero-order valence-electron chi connectivity index (χ0n) is 9.71. The van der Waals surface area contributed by atoms with Crippen LogP contribution in [-0.4, -0.2) is 5.78 Å². The Kier molecular flexibility index (Phi) is 2.55. The lowest BCUT2D eigenvalue weighted by atomic mass is 9.65. The van der Waals surface area contributed by atoms with E-state index in [1.165, 1.54) is 0 Å². The van der Waals surface area contributed by atoms with Crippen molar-refractivity contribution in [3.8, 4) is 6.07 Å². The number of carbonyl (C=O) groups is 1. The summed E-state index contributed by atoms with van der Waals surface area (Å²) in [5.74, 6) is 0.0162. The molecule has 0 aliphatic heterocycles. The van der Waals surface area contributed by atoms with Crippen molar-refractivity contribution in [3.63, 3.8) is 0 Å². The van der Waals surface area contributed by atoms with Crippen molar-refractivity contribution in [1.29, 1.82) is 5.26 Å². The molecule has 82 valence electrons. The number of ketones is 1. The lowest BCUT2D eigenvalue weighted by Gasteiger charge is -2.33. The standard InChI is InChI=1S/C14H15NO/c1-10-4-5-11(2)12(8-10)13(16)14(9-15)6-3-7-14/h4-5,8H,3,6-7H2,1-2H3. The molecule has 1 aliphatic rings. The lowest BCUT2D eigenvalue weighted by molar-refractivity contribution is 0.0747. The highest BCUT2D eigenvalue weighted by Crippen LogP contribution is 2.43. The average molecular weight is 213 g/mol. The summed E-state index contributed by atoms with van der Waals surface area (Å²) in [6.45, 7) is 3.90. The molecular weight excluding hydrogens is 198 g/mol. The highest BCUT2D eigenvalue weighted by molar-refractivity contribution is 6.04. The molecule has 1 aromatic carbocycles. The molecule has 2 nitrogen and oxygen atoms in total. The van der Waals surface area contributed by atoms with Crippen LogP contribution in [0, 0.1) is 30.6 Å². The van der Waals surface area contributed by atoms with Crippen molar-refractivity contribution in [1.82, 2.24) is 0 Å². The third-order valence-corrected chi connectivity index (χ3v) is 3.49. The van der Waals surface area contributed by atoms with Crippen LogP contribution in [0.25, 0.3) is 0 Å². The molecule has 1 fully saturated rings. The second-order valence-electron chi connectivity index (χ2n) is 4.69. The van der Waals surface area contributed by atoms with Gasteiger partial charge in [0.25, 0.3) is 0 Å². The van der Waals surface area contributed by atoms with Gasteiger partial charge in [-0.05, 0) is 44.7 Å². The summed E-state index contributed by atoms with van der Waals surface area (Å²) in [6.07, 6.45) is 2.43. The van der Waals surface area contributed by atoms with E-state index in [4.69, 9.17) is 5.26 Å². The van der Waals surface area contributed by atoms with Crippen LogP contribution in [-0.2, 0) is 0 Å². The Morgan fingerprint density at radius 3 is 2.56 bits per heavy atom. The number of carbonyl (C=O) groups excluding carboxylic acids is 1. The van der Waals surface area contributed by atoms with Crippen LogP contribution in [0.5, 0.6) is 0 Å². The molecule has 0 spiro atoms. The summed E-state index contributed by atoms with van der Waals surface area (Å²) in [4.78, 5) is 12.3. The van der Waals surface area contributed by atoms with Crippen LogP contribution in [0.3, 0.4) is 0 Å². The van der Waals surface area contributed by atoms with Crippen molar-refractivity contribution >= 4 is 5.78 Å². The second kappa shape index (κ2) is 3.75. The van der Waals surface area contributed by atoms with E-state index < -0.39 is 5.41 Å². The first kappa shape index (κ1) is 10.9. The van der Waals surface area contributed by atoms with Crippen LogP contribution in [0.15, 0.2) is 18.2 Å². The summed E-state index contributed by atoms with van der Waals surface area (Å²) in [7, 11) is 0. The van der Waals surface area contributed by atoms with E-state index in [0.29, 0.717) is 0 Å². The fourth-order valence-corrected chi connectivity index (χ4v) is 2.16. The van der Waals surface area contributed by atoms with Crippen molar-refractivity contribution in [2.45, 2.75) is 33.1 Å². The van der Waals surface area contributed by atoms with Crippen molar-refractivity contribution in [3.05, 3.63) is 34.9 Å². The SMILES string of the molecule is Cc1ccc(C)c(C(=O)C2(C#N)CCC2)c1. The first-order valence-corrected chi connectivity index (χ1v) is 5.62. The number of nitrogens with zero attached hydrogens (tertiary/aromatic N) is 1. The van der Waals surface area contributed by atoms with Crippen molar-refractivity contribution in [2.75, 3.05) is 0 Å². The Labute approximate surface area is 95.9 Å². The van der Waals surface area contributed by atoms with E-state index in [1.54, 1.807) is 0 Å². The Morgan fingerprint density at radius 2 is 2.06 bits per heavy atom. The summed E-state index contributed by atoms with van der Waals surface area (Å²) >= 11 is 0. The van der Waals surface area contributed by atoms with Gasteiger partial charge in [-0.1, -0.05) is 17.7 Å². The maximum Gasteiger partial charge on any atom is 0.183 e. The predicted molar refractivity (Wildman–Crippen MR) is 62.1 cm³/mol. The second-order valence-corrected chi connectivity index (χ2v) is 4.69. The highest BCUT2D eigenvalue weighted by Gasteiger charge is 2.45. The van der Waals surface area contributed by atoms with Gasteiger partial charge in [-0.15, -0.1) is 0 Å². The predicted octanol–water partition coefficient (Wildman–Crippen LogP) is 3.18. The third-order valence-electron chi connectivity index (χ3n) is 3.49. The van der Waals surface area contributed by atoms with E-state index in [2.05, 4.69) is 6.07 Å². The number of benzene rings is 1. The molecule has 0 unspecified atom stereocenters. The minimum atomic E-state index is -0.724. The van der Waals surface area contributed by atoms with Crippen molar-refractivity contribution in [2.24, 2.45) is 5.41 Å². The van der Waals surface area contributed by atoms with E-state index in [1.807, 2.05) is 32.0 Å². The zero-order valence-corrected chi connectivity index (χ0v) is 9.71. The minimum absolute atomic E-state index is 0.0162. The summed E-state index contributed by atoms with van der Waals surface area (Å²) < 4.78 is 0. The molecule has 2 rings (SSSR count). The normalized spacial score (nSPS) is 17.3. The Balaban J connectivity index is 2.41. The van der Waals surface area contributed by atoms with Crippen LogP contribution in [0.1, 0.15) is 40.7 Å². The van der Waals surface area contributed by atoms with Crippen LogP contribution < -0.4 is 0 Å². The molecule has 2 heteroatoms. The Bertz CT molecular complexity index is 478. The zero-order chi connectivity index (χ0) is 11.8. The van der Waals surface area contributed by atoms with Gasteiger partial charge in [0.1, 0.15) is 5.41 Å². The molecule has 0 aromatic heterocycles. The molecule has 1 aromatic rings. The van der Waals surface area contributed by atoms with Gasteiger partial charge in [0.2, 0.25) is 0 Å². The van der Waals surface area contributed by atoms with E-state index >= 15 is 0 Å². The van der Waals surface area contributed by atoms with Crippen molar-refractivity contribution < 1.29 is 4.79 Å². The minimum Gasteiger partial charge on any atom is -0.292 e. The molecule has 0 saturated heterocycles. The van der Waals surface area contributed by atoms with E-state index in [9.17, 15) is 4.79 Å². The summed E-state index contributed by atoms with van der Waals surface area (Å²) in [5.41, 5.74) is 2.04. The van der Waals surface area contributed by atoms with Gasteiger partial charge in [-0.3, -0.25) is 4.79 Å². The van der Waals surface area contributed by atoms with E-state index in [0.717, 1.165) is 36.0 Å². The molecular formula is C14H15NO. The molecule has 0 heterocycles. The van der Waals surface area contributed by atoms with Gasteiger partial charge >= 0.3 is 0 Å². The van der Waals surface area contributed by atoms with E-state index in [-0.39, 0.29) is 5.78 Å². The monoisotopic (exact) mass is 213 g/mol. The number of Topliss-reactive ketones (excluding diaryl/α,β-unsaturated/α-hetero) is 1. The van der Waals surface area contributed by atoms with Gasteiger partial charge in [-0.25, -0.2) is 0 Å². The number of hydrogen-bond acceptors (Lipinski definition) is 2. The number of aryl methyl sites for hydroxylation is 2. The summed E-state index contributed by atoms with van der Waals surface area (Å²) in [5, 5.41) is 9.16. The molecule has 0 atom stereocenters. The summed E-state index contributed by atoms with van der Waals surface area (Å²) in [6, 6.07) is 8.05. The van der Waals surface area contributed by atoms with Crippen LogP contribution in [0.2, 0.25) is 0 Å². The molecule has 0 amide bonds. The highest BCUT2D eigenvalue weighted by atomic mass is 16.1. The Hall–Kier alpha value is -1.62. The van der Waals surface area contributed by atoms with Gasteiger partial charge in [0.05, 0.1) is 6.07 Å². The fraction of sp³-hybridized carbons (Fsp3) is 0.429. The molecule has 16 heavy (non-hydrogen) atoms. The topological polar surface area (TPSA) is 40.9 Å². The first-order chi connectivity index (χ1) is 7.59. The Morgan fingerprint density at radius 1 is 1.38 bits per heavy atom. The number of nitriles is 1. The van der Waals surface area contributed by atoms with Crippen LogP contribution >= 0.6 is 0 Å². The lowest BCUT2D eigenvalue weighted by Crippen LogP contribution is -2.36. The molecule has 0 bridgehead atoms. The smallest absolute Gasteiger partial charge is 0.183 e. The fourth-order valence-electron chi connectivity index (χ4n) is 2.16. The van der Waals surface area contributed by atoms with Gasteiger partial charge < -0.3 is 0 Å². The maximum atomic E-state index is 12.3. The number of rotatable bonds is 2. The average Bonchev–Trinajstić information content (AvgIpc) is 2.21. The molecule has 0 radical (unpaired) electrons. The largest absolute Gasteiger partial charge is 0.292 e. The molecule has 0 N–H and O–H groups in total. The van der Waals surface area contributed by atoms with Gasteiger partial charge in [0.15, 0.2) is 5.78 Å². The van der Waals surface area contributed by atoms with Gasteiger partial charge in [-0.2, -0.15) is 5.26 Å². The first-order valence-electron chi connectivity index (χ1n) is 5.62.